The Bertz CT molecular complexity index is 532. The van der Waals surface area contributed by atoms with E-state index in [0.29, 0.717) is 6.41 Å². The lowest BCUT2D eigenvalue weighted by Crippen LogP contribution is -2.52. The first-order valence-electron chi connectivity index (χ1n) is 9.25. The number of amides is 4. The zero-order valence-corrected chi connectivity index (χ0v) is 18.0. The summed E-state index contributed by atoms with van der Waals surface area (Å²) in [5.74, 6) is -1.55. The maximum absolute atomic E-state index is 12.8. The van der Waals surface area contributed by atoms with Crippen LogP contribution in [0.15, 0.2) is 0 Å². The molecule has 0 radical (unpaired) electrons. The zero-order valence-electron chi connectivity index (χ0n) is 18.0. The Morgan fingerprint density at radius 1 is 0.897 bits per heavy atom. The normalized spacial score (nSPS) is 12.7. The van der Waals surface area contributed by atoms with Crippen LogP contribution in [0.3, 0.4) is 0 Å². The molecule has 0 bridgehead atoms. The lowest BCUT2D eigenvalue weighted by molar-refractivity contribution is -0.146. The lowest BCUT2D eigenvalue weighted by Gasteiger charge is -2.32. The van der Waals surface area contributed by atoms with Crippen molar-refractivity contribution in [3.05, 3.63) is 0 Å². The molecular weight excluding hydrogens is 384 g/mol. The Hall–Kier alpha value is -2.24. The van der Waals surface area contributed by atoms with Crippen molar-refractivity contribution in [3.8, 4) is 0 Å². The van der Waals surface area contributed by atoms with Gasteiger partial charge in [0.15, 0.2) is 0 Å². The molecule has 0 saturated heterocycles. The summed E-state index contributed by atoms with van der Waals surface area (Å²) in [6.45, 7) is 3.50. The van der Waals surface area contributed by atoms with E-state index in [0.717, 1.165) is 0 Å². The van der Waals surface area contributed by atoms with Crippen molar-refractivity contribution in [1.29, 1.82) is 0 Å². The van der Waals surface area contributed by atoms with Crippen molar-refractivity contribution in [1.82, 2.24) is 14.7 Å². The van der Waals surface area contributed by atoms with Gasteiger partial charge in [-0.05, 0) is 13.8 Å². The molecule has 11 nitrogen and oxygen atoms in total. The molecule has 0 fully saturated rings. The molecule has 0 aliphatic carbocycles. The van der Waals surface area contributed by atoms with Crippen LogP contribution < -0.4 is 5.73 Å². The van der Waals surface area contributed by atoms with Crippen molar-refractivity contribution < 1.29 is 33.4 Å². The summed E-state index contributed by atoms with van der Waals surface area (Å²) in [5.41, 5.74) is 5.25. The fourth-order valence-electron chi connectivity index (χ4n) is 2.63. The number of rotatable bonds is 16. The highest BCUT2D eigenvalue weighted by atomic mass is 16.5. The summed E-state index contributed by atoms with van der Waals surface area (Å²) in [7, 11) is 4.45. The molecule has 2 atom stereocenters. The van der Waals surface area contributed by atoms with E-state index in [-0.39, 0.29) is 52.0 Å². The van der Waals surface area contributed by atoms with Crippen molar-refractivity contribution >= 4 is 24.1 Å². The van der Waals surface area contributed by atoms with E-state index in [1.54, 1.807) is 13.8 Å². The van der Waals surface area contributed by atoms with Gasteiger partial charge in [-0.25, -0.2) is 0 Å². The molecule has 0 aliphatic rings. The molecule has 0 aromatic carbocycles. The minimum Gasteiger partial charge on any atom is -0.383 e. The minimum atomic E-state index is -0.670. The van der Waals surface area contributed by atoms with Gasteiger partial charge in [-0.15, -0.1) is 0 Å². The minimum absolute atomic E-state index is 0.148. The number of nitrogens with zero attached hydrogens (tertiary/aromatic N) is 3. The summed E-state index contributed by atoms with van der Waals surface area (Å²) < 4.78 is 15.1. The second-order valence-electron chi connectivity index (χ2n) is 6.68. The molecule has 0 spiro atoms. The maximum atomic E-state index is 12.8. The van der Waals surface area contributed by atoms with Crippen LogP contribution in [-0.2, 0) is 33.4 Å². The summed E-state index contributed by atoms with van der Waals surface area (Å²) in [5, 5.41) is 0. The van der Waals surface area contributed by atoms with E-state index in [1.807, 2.05) is 0 Å². The van der Waals surface area contributed by atoms with Gasteiger partial charge in [0.1, 0.15) is 0 Å². The third-order valence-corrected chi connectivity index (χ3v) is 4.26. The summed E-state index contributed by atoms with van der Waals surface area (Å²) >= 11 is 0. The number of primary amides is 1. The first-order valence-corrected chi connectivity index (χ1v) is 9.25. The topological polar surface area (TPSA) is 132 Å². The quantitative estimate of drug-likeness (QED) is 0.296. The molecule has 0 aromatic heterocycles. The number of methoxy groups -OCH3 is 3. The van der Waals surface area contributed by atoms with Gasteiger partial charge in [-0.1, -0.05) is 0 Å². The van der Waals surface area contributed by atoms with Crippen LogP contribution in [0.2, 0.25) is 0 Å². The molecule has 0 aromatic rings. The highest BCUT2D eigenvalue weighted by molar-refractivity contribution is 5.89. The molecule has 168 valence electrons. The zero-order chi connectivity index (χ0) is 22.4. The van der Waals surface area contributed by atoms with Gasteiger partial charge in [0.2, 0.25) is 24.1 Å². The highest BCUT2D eigenvalue weighted by Gasteiger charge is 2.27. The van der Waals surface area contributed by atoms with E-state index in [9.17, 15) is 19.2 Å². The van der Waals surface area contributed by atoms with Crippen LogP contribution >= 0.6 is 0 Å². The standard InChI is InChI=1S/C18H34N4O7/c1-14(11-28-4)21(13-23)9-17(25)20(6-7-27-3)10-18(26)22(8-16(19)24)15(2)12-29-5/h13-15H,6-12H2,1-5H3,(H2,19,24)/t14-,15-/m0/s1. The number of ether oxygens (including phenoxy) is 3. The molecule has 4 amide bonds. The number of hydrogen-bond donors (Lipinski definition) is 1. The number of nitrogens with two attached hydrogens (primary N) is 1. The molecule has 0 rings (SSSR count). The fraction of sp³-hybridized carbons (Fsp3) is 0.778. The predicted molar refractivity (Wildman–Crippen MR) is 105 cm³/mol. The van der Waals surface area contributed by atoms with E-state index in [2.05, 4.69) is 0 Å². The van der Waals surface area contributed by atoms with Crippen molar-refractivity contribution in [3.63, 3.8) is 0 Å². The second-order valence-corrected chi connectivity index (χ2v) is 6.68. The van der Waals surface area contributed by atoms with Gasteiger partial charge in [0.25, 0.3) is 0 Å². The Labute approximate surface area is 172 Å². The first kappa shape index (κ1) is 26.8. The smallest absolute Gasteiger partial charge is 0.242 e. The van der Waals surface area contributed by atoms with Crippen molar-refractivity contribution in [2.45, 2.75) is 25.9 Å². The van der Waals surface area contributed by atoms with Gasteiger partial charge in [-0.2, -0.15) is 0 Å². The van der Waals surface area contributed by atoms with E-state index >= 15 is 0 Å². The Morgan fingerprint density at radius 3 is 1.97 bits per heavy atom. The summed E-state index contributed by atoms with van der Waals surface area (Å²) in [6, 6.07) is -0.720. The molecule has 0 heterocycles. The van der Waals surface area contributed by atoms with Crippen molar-refractivity contribution in [2.75, 3.05) is 67.3 Å². The first-order chi connectivity index (χ1) is 13.7. The summed E-state index contributed by atoms with van der Waals surface area (Å²) in [4.78, 5) is 52.1. The van der Waals surface area contributed by atoms with E-state index in [4.69, 9.17) is 19.9 Å². The number of hydrogen-bond acceptors (Lipinski definition) is 7. The van der Waals surface area contributed by atoms with Gasteiger partial charge < -0.3 is 34.6 Å². The average Bonchev–Trinajstić information content (AvgIpc) is 2.67. The molecule has 0 saturated carbocycles. The van der Waals surface area contributed by atoms with Crippen LogP contribution in [0.25, 0.3) is 0 Å². The van der Waals surface area contributed by atoms with Gasteiger partial charge in [0, 0.05) is 27.9 Å². The molecule has 0 unspecified atom stereocenters. The third kappa shape index (κ3) is 10.2. The number of carbonyl (C=O) groups is 4. The second kappa shape index (κ2) is 14.7. The third-order valence-electron chi connectivity index (χ3n) is 4.26. The van der Waals surface area contributed by atoms with E-state index in [1.165, 1.54) is 36.0 Å². The Balaban J connectivity index is 5.31. The monoisotopic (exact) mass is 418 g/mol. The van der Waals surface area contributed by atoms with Gasteiger partial charge in [0.05, 0.1) is 51.5 Å². The van der Waals surface area contributed by atoms with Gasteiger partial charge >= 0.3 is 0 Å². The molecule has 0 aliphatic heterocycles. The largest absolute Gasteiger partial charge is 0.383 e. The highest BCUT2D eigenvalue weighted by Crippen LogP contribution is 2.05. The van der Waals surface area contributed by atoms with E-state index < -0.39 is 23.8 Å². The molecule has 29 heavy (non-hydrogen) atoms. The van der Waals surface area contributed by atoms with Crippen LogP contribution in [0.5, 0.6) is 0 Å². The maximum Gasteiger partial charge on any atom is 0.242 e. The van der Waals surface area contributed by atoms with Crippen LogP contribution in [0.4, 0.5) is 0 Å². The summed E-state index contributed by atoms with van der Waals surface area (Å²) in [6.07, 6.45) is 0.567. The fourth-order valence-corrected chi connectivity index (χ4v) is 2.63. The molecule has 2 N–H and O–H groups in total. The average molecular weight is 418 g/mol. The van der Waals surface area contributed by atoms with Crippen LogP contribution in [0.1, 0.15) is 13.8 Å². The number of carbonyl (C=O) groups excluding carboxylic acids is 4. The van der Waals surface area contributed by atoms with Crippen molar-refractivity contribution in [2.24, 2.45) is 5.73 Å². The Kier molecular flexibility index (Phi) is 13.6. The van der Waals surface area contributed by atoms with Crippen LogP contribution in [-0.4, -0.2) is 118 Å². The van der Waals surface area contributed by atoms with Crippen LogP contribution in [0, 0.1) is 0 Å². The SMILES string of the molecule is COCCN(CC(=O)N(CC(N)=O)[C@@H](C)COC)C(=O)CN(C=O)[C@@H](C)COC. The Morgan fingerprint density at radius 2 is 1.48 bits per heavy atom. The predicted octanol–water partition coefficient (Wildman–Crippen LogP) is -1.70. The molecule has 11 heteroatoms. The lowest BCUT2D eigenvalue weighted by atomic mass is 10.2. The molecular formula is C18H34N4O7. The van der Waals surface area contributed by atoms with Gasteiger partial charge in [-0.3, -0.25) is 19.2 Å².